The molecule has 1 N–H and O–H groups in total. The molecule has 0 bridgehead atoms. The Hall–Kier alpha value is -3.03. The third-order valence-corrected chi connectivity index (χ3v) is 3.94. The summed E-state index contributed by atoms with van der Waals surface area (Å²) in [6.07, 6.45) is -4.40. The van der Waals surface area contributed by atoms with Crippen LogP contribution in [0, 0.1) is 12.7 Å². The summed E-state index contributed by atoms with van der Waals surface area (Å²) < 4.78 is 61.5. The van der Waals surface area contributed by atoms with Gasteiger partial charge in [0.15, 0.2) is 5.76 Å². The molecule has 0 saturated carbocycles. The van der Waals surface area contributed by atoms with E-state index in [0.717, 1.165) is 12.1 Å². The molecule has 0 aliphatic rings. The summed E-state index contributed by atoms with van der Waals surface area (Å²) in [6.45, 7) is 1.83. The second kappa shape index (κ2) is 7.30. The van der Waals surface area contributed by atoms with Crippen molar-refractivity contribution in [3.63, 3.8) is 0 Å². The van der Waals surface area contributed by atoms with Crippen LogP contribution >= 0.6 is 0 Å². The SMILES string of the molecule is Cc1c(C(=O)NCCOc2ccc(C(F)(F)F)cc2)oc2ccc(F)cc12. The summed E-state index contributed by atoms with van der Waals surface area (Å²) in [6, 6.07) is 8.24. The Morgan fingerprint density at radius 1 is 1.15 bits per heavy atom. The minimum absolute atomic E-state index is 0.0605. The van der Waals surface area contributed by atoms with E-state index in [1.807, 2.05) is 0 Å². The summed E-state index contributed by atoms with van der Waals surface area (Å²) in [7, 11) is 0. The van der Waals surface area contributed by atoms with Gasteiger partial charge in [-0.3, -0.25) is 4.79 Å². The van der Waals surface area contributed by atoms with Crippen molar-refractivity contribution in [2.45, 2.75) is 13.1 Å². The molecule has 0 fully saturated rings. The number of hydrogen-bond acceptors (Lipinski definition) is 3. The van der Waals surface area contributed by atoms with Gasteiger partial charge in [0.05, 0.1) is 12.1 Å². The average Bonchev–Trinajstić information content (AvgIpc) is 2.95. The molecule has 0 atom stereocenters. The number of furan rings is 1. The van der Waals surface area contributed by atoms with Gasteiger partial charge in [-0.05, 0) is 49.4 Å². The van der Waals surface area contributed by atoms with Crippen LogP contribution in [0.3, 0.4) is 0 Å². The second-order valence-corrected chi connectivity index (χ2v) is 5.82. The van der Waals surface area contributed by atoms with E-state index in [1.54, 1.807) is 6.92 Å². The number of hydrogen-bond donors (Lipinski definition) is 1. The first kappa shape index (κ1) is 18.8. The lowest BCUT2D eigenvalue weighted by Gasteiger charge is -2.09. The van der Waals surface area contributed by atoms with Gasteiger partial charge < -0.3 is 14.5 Å². The highest BCUT2D eigenvalue weighted by Gasteiger charge is 2.30. The van der Waals surface area contributed by atoms with Crippen molar-refractivity contribution in [2.75, 3.05) is 13.2 Å². The van der Waals surface area contributed by atoms with Crippen LogP contribution in [0.2, 0.25) is 0 Å². The zero-order chi connectivity index (χ0) is 19.6. The molecule has 0 radical (unpaired) electrons. The predicted octanol–water partition coefficient (Wildman–Crippen LogP) is 4.71. The first-order chi connectivity index (χ1) is 12.8. The number of nitrogens with one attached hydrogen (secondary N) is 1. The van der Waals surface area contributed by atoms with Gasteiger partial charge in [-0.2, -0.15) is 13.2 Å². The zero-order valence-corrected chi connectivity index (χ0v) is 14.2. The van der Waals surface area contributed by atoms with Crippen LogP contribution in [0.4, 0.5) is 17.6 Å². The fraction of sp³-hybridized carbons (Fsp3) is 0.211. The maximum Gasteiger partial charge on any atom is 0.416 e. The van der Waals surface area contributed by atoms with Crippen LogP contribution in [0.15, 0.2) is 46.9 Å². The summed E-state index contributed by atoms with van der Waals surface area (Å²) >= 11 is 0. The number of ether oxygens (including phenoxy) is 1. The van der Waals surface area contributed by atoms with Crippen molar-refractivity contribution >= 4 is 16.9 Å². The highest BCUT2D eigenvalue weighted by Crippen LogP contribution is 2.30. The Labute approximate surface area is 151 Å². The molecule has 0 unspecified atom stereocenters. The Bertz CT molecular complexity index is 961. The van der Waals surface area contributed by atoms with Crippen LogP contribution in [0.5, 0.6) is 5.75 Å². The summed E-state index contributed by atoms with van der Waals surface area (Å²) in [5, 5.41) is 3.10. The fourth-order valence-corrected chi connectivity index (χ4v) is 2.56. The van der Waals surface area contributed by atoms with Crippen molar-refractivity contribution in [3.8, 4) is 5.75 Å². The second-order valence-electron chi connectivity index (χ2n) is 5.82. The molecule has 0 aliphatic heterocycles. The number of aryl methyl sites for hydroxylation is 1. The van der Waals surface area contributed by atoms with Gasteiger partial charge in [-0.15, -0.1) is 0 Å². The van der Waals surface area contributed by atoms with Gasteiger partial charge in [0, 0.05) is 10.9 Å². The number of amides is 1. The number of benzene rings is 2. The molecule has 2 aromatic carbocycles. The van der Waals surface area contributed by atoms with Gasteiger partial charge >= 0.3 is 6.18 Å². The van der Waals surface area contributed by atoms with Crippen molar-refractivity contribution < 1.29 is 31.5 Å². The van der Waals surface area contributed by atoms with Crippen molar-refractivity contribution in [2.24, 2.45) is 0 Å². The predicted molar refractivity (Wildman–Crippen MR) is 90.2 cm³/mol. The van der Waals surface area contributed by atoms with Crippen molar-refractivity contribution in [1.82, 2.24) is 5.32 Å². The molecule has 4 nitrogen and oxygen atoms in total. The number of carbonyl (C=O) groups excluding carboxylic acids is 1. The van der Waals surface area contributed by atoms with Gasteiger partial charge in [-0.25, -0.2) is 4.39 Å². The van der Waals surface area contributed by atoms with E-state index in [4.69, 9.17) is 9.15 Å². The first-order valence-corrected chi connectivity index (χ1v) is 8.02. The molecule has 1 aromatic heterocycles. The van der Waals surface area contributed by atoms with E-state index in [0.29, 0.717) is 16.5 Å². The van der Waals surface area contributed by atoms with Crippen LogP contribution in [-0.4, -0.2) is 19.1 Å². The lowest BCUT2D eigenvalue weighted by molar-refractivity contribution is -0.137. The van der Waals surface area contributed by atoms with E-state index >= 15 is 0 Å². The van der Waals surface area contributed by atoms with Crippen LogP contribution in [0.25, 0.3) is 11.0 Å². The first-order valence-electron chi connectivity index (χ1n) is 8.02. The quantitative estimate of drug-likeness (QED) is 0.515. The fourth-order valence-electron chi connectivity index (χ4n) is 2.56. The monoisotopic (exact) mass is 381 g/mol. The topological polar surface area (TPSA) is 51.5 Å². The summed E-state index contributed by atoms with van der Waals surface area (Å²) in [4.78, 5) is 12.2. The molecule has 142 valence electrons. The summed E-state index contributed by atoms with van der Waals surface area (Å²) in [5.74, 6) is -0.582. The Kier molecular flexibility index (Phi) is 5.07. The van der Waals surface area contributed by atoms with E-state index in [9.17, 15) is 22.4 Å². The van der Waals surface area contributed by atoms with Crippen LogP contribution in [-0.2, 0) is 6.18 Å². The molecule has 3 aromatic rings. The van der Waals surface area contributed by atoms with E-state index in [2.05, 4.69) is 5.32 Å². The molecule has 3 rings (SSSR count). The maximum absolute atomic E-state index is 13.3. The largest absolute Gasteiger partial charge is 0.492 e. The average molecular weight is 381 g/mol. The lowest BCUT2D eigenvalue weighted by atomic mass is 10.1. The molecule has 27 heavy (non-hydrogen) atoms. The Morgan fingerprint density at radius 2 is 1.85 bits per heavy atom. The van der Waals surface area contributed by atoms with Crippen LogP contribution < -0.4 is 10.1 Å². The Balaban J connectivity index is 1.55. The van der Waals surface area contributed by atoms with E-state index in [1.165, 1.54) is 30.3 Å². The Morgan fingerprint density at radius 3 is 2.52 bits per heavy atom. The molecule has 8 heteroatoms. The molecule has 0 spiro atoms. The number of halogens is 4. The molecular weight excluding hydrogens is 366 g/mol. The molecule has 1 amide bonds. The number of fused-ring (bicyclic) bond motifs is 1. The summed E-state index contributed by atoms with van der Waals surface area (Å²) in [5.41, 5.74) is 0.158. The van der Waals surface area contributed by atoms with Crippen molar-refractivity contribution in [1.29, 1.82) is 0 Å². The highest BCUT2D eigenvalue weighted by atomic mass is 19.4. The van der Waals surface area contributed by atoms with Gasteiger partial charge in [-0.1, -0.05) is 0 Å². The third kappa shape index (κ3) is 4.21. The third-order valence-electron chi connectivity index (χ3n) is 3.94. The number of carbonyl (C=O) groups is 1. The van der Waals surface area contributed by atoms with E-state index < -0.39 is 23.5 Å². The van der Waals surface area contributed by atoms with Gasteiger partial charge in [0.25, 0.3) is 5.91 Å². The normalized spacial score (nSPS) is 11.6. The number of alkyl halides is 3. The maximum atomic E-state index is 13.3. The lowest BCUT2D eigenvalue weighted by Crippen LogP contribution is -2.28. The smallest absolute Gasteiger partial charge is 0.416 e. The molecule has 0 saturated heterocycles. The molecule has 1 heterocycles. The highest BCUT2D eigenvalue weighted by molar-refractivity contribution is 5.98. The van der Waals surface area contributed by atoms with E-state index in [-0.39, 0.29) is 24.7 Å². The zero-order valence-electron chi connectivity index (χ0n) is 14.2. The minimum Gasteiger partial charge on any atom is -0.492 e. The van der Waals surface area contributed by atoms with Crippen molar-refractivity contribution in [3.05, 3.63) is 65.2 Å². The number of rotatable bonds is 5. The molecule has 0 aliphatic carbocycles. The van der Waals surface area contributed by atoms with Gasteiger partial charge in [0.1, 0.15) is 23.8 Å². The van der Waals surface area contributed by atoms with Crippen LogP contribution in [0.1, 0.15) is 21.7 Å². The molecular formula is C19H15F4NO3. The minimum atomic E-state index is -4.40. The van der Waals surface area contributed by atoms with Gasteiger partial charge in [0.2, 0.25) is 0 Å². The standard InChI is InChI=1S/C19H15F4NO3/c1-11-15-10-13(20)4-7-16(15)27-17(11)18(25)24-8-9-26-14-5-2-12(3-6-14)19(21,22)23/h2-7,10H,8-9H2,1H3,(H,24,25).